The lowest BCUT2D eigenvalue weighted by molar-refractivity contribution is 0.980. The average Bonchev–Trinajstić information content (AvgIpc) is 3.73. The summed E-state index contributed by atoms with van der Waals surface area (Å²) in [6.07, 6.45) is 0. The van der Waals surface area contributed by atoms with Crippen LogP contribution in [0.15, 0.2) is 158 Å². The summed E-state index contributed by atoms with van der Waals surface area (Å²) in [5, 5.41) is 13.7. The fourth-order valence-corrected chi connectivity index (χ4v) is 8.58. The number of hydrogen-bond acceptors (Lipinski definition) is 2. The van der Waals surface area contributed by atoms with Crippen LogP contribution in [0.3, 0.4) is 0 Å². The van der Waals surface area contributed by atoms with E-state index in [0.29, 0.717) is 0 Å². The van der Waals surface area contributed by atoms with Gasteiger partial charge in [0.1, 0.15) is 5.65 Å². The molecule has 4 nitrogen and oxygen atoms in total. The molecule has 0 amide bonds. The molecule has 0 atom stereocenters. The topological polar surface area (TPSA) is 35.1 Å². The molecule has 0 spiro atoms. The monoisotopic (exact) mass is 634 g/mol. The fraction of sp³-hybridized carbons (Fsp3) is 0. The van der Waals surface area contributed by atoms with Crippen molar-refractivity contribution in [2.75, 3.05) is 0 Å². The summed E-state index contributed by atoms with van der Waals surface area (Å²) in [5.74, 6) is 0.832. The SMILES string of the molecule is c1ccc2c(c1)ccc1c2c2cc(-c3cc4ccc5cccc6ccc(c3)c4c56)ccc2n1-c1nc2ccccc2c2nc3ccccc3n12. The Kier molecular flexibility index (Phi) is 4.94. The first-order chi connectivity index (χ1) is 24.8. The molecule has 0 N–H and O–H groups in total. The molecule has 0 aliphatic rings. The Balaban J connectivity index is 1.20. The van der Waals surface area contributed by atoms with Gasteiger partial charge in [0.05, 0.1) is 27.6 Å². The highest BCUT2D eigenvalue weighted by atomic mass is 15.2. The first kappa shape index (κ1) is 26.2. The number of rotatable bonds is 2. The Morgan fingerprint density at radius 2 is 1.00 bits per heavy atom. The maximum absolute atomic E-state index is 5.39. The van der Waals surface area contributed by atoms with E-state index in [0.717, 1.165) is 44.6 Å². The number of nitrogens with zero attached hydrogens (tertiary/aromatic N) is 4. The van der Waals surface area contributed by atoms with Crippen molar-refractivity contribution in [3.05, 3.63) is 158 Å². The summed E-state index contributed by atoms with van der Waals surface area (Å²) >= 11 is 0. The first-order valence-electron chi connectivity index (χ1n) is 17.1. The molecule has 0 bridgehead atoms. The third-order valence-corrected chi connectivity index (χ3v) is 10.8. The highest BCUT2D eigenvalue weighted by molar-refractivity contribution is 6.25. The van der Waals surface area contributed by atoms with Crippen LogP contribution >= 0.6 is 0 Å². The molecule has 0 saturated carbocycles. The van der Waals surface area contributed by atoms with Crippen molar-refractivity contribution in [2.24, 2.45) is 0 Å². The predicted molar refractivity (Wildman–Crippen MR) is 209 cm³/mol. The summed E-state index contributed by atoms with van der Waals surface area (Å²) in [4.78, 5) is 10.5. The minimum Gasteiger partial charge on any atom is -0.279 e. The lowest BCUT2D eigenvalue weighted by Gasteiger charge is -2.13. The van der Waals surface area contributed by atoms with Crippen LogP contribution in [-0.4, -0.2) is 18.9 Å². The normalized spacial score (nSPS) is 12.4. The molecular formula is C46H26N4. The zero-order valence-electron chi connectivity index (χ0n) is 26.8. The molecule has 0 fully saturated rings. The molecule has 0 aliphatic heterocycles. The summed E-state index contributed by atoms with van der Waals surface area (Å²) in [6, 6.07) is 57.2. The minimum absolute atomic E-state index is 0.832. The van der Waals surface area contributed by atoms with Crippen LogP contribution in [0.1, 0.15) is 0 Å². The number of benzene rings is 9. The van der Waals surface area contributed by atoms with Gasteiger partial charge in [0, 0.05) is 16.2 Å². The van der Waals surface area contributed by atoms with E-state index in [1.165, 1.54) is 65.0 Å². The zero-order chi connectivity index (χ0) is 32.5. The Bertz CT molecular complexity index is 3320. The number of aromatic nitrogens is 4. The molecule has 50 heavy (non-hydrogen) atoms. The van der Waals surface area contributed by atoms with Crippen molar-refractivity contribution in [3.8, 4) is 17.1 Å². The average molecular weight is 635 g/mol. The van der Waals surface area contributed by atoms with E-state index in [4.69, 9.17) is 9.97 Å². The molecule has 0 aliphatic carbocycles. The quantitative estimate of drug-likeness (QED) is 0.177. The van der Waals surface area contributed by atoms with Gasteiger partial charge in [-0.15, -0.1) is 0 Å². The lowest BCUT2D eigenvalue weighted by atomic mass is 9.91. The standard InChI is InChI=1S/C46H26N4/c1-2-11-34-27(8-1)20-23-41-44(34)36-26-30(33-24-31-18-16-28-9-7-10-29-17-19-32(25-33)43(31)42(28)29)21-22-39(36)49(41)46-48-37-13-4-3-12-35(37)45-47-38-14-5-6-15-40(38)50(45)46/h1-26H. The maximum atomic E-state index is 5.39. The third kappa shape index (κ3) is 3.39. The summed E-state index contributed by atoms with van der Waals surface area (Å²) in [6.45, 7) is 0. The van der Waals surface area contributed by atoms with Crippen molar-refractivity contribution in [3.63, 3.8) is 0 Å². The van der Waals surface area contributed by atoms with Crippen LogP contribution in [0.25, 0.3) is 110 Å². The highest BCUT2D eigenvalue weighted by Crippen LogP contribution is 2.42. The molecular weight excluding hydrogens is 609 g/mol. The van der Waals surface area contributed by atoms with Gasteiger partial charge in [-0.2, -0.15) is 0 Å². The Labute approximate surface area is 285 Å². The number of imidazole rings is 1. The van der Waals surface area contributed by atoms with E-state index < -0.39 is 0 Å². The van der Waals surface area contributed by atoms with Crippen molar-refractivity contribution in [1.29, 1.82) is 0 Å². The minimum atomic E-state index is 0.832. The molecule has 3 heterocycles. The van der Waals surface area contributed by atoms with Gasteiger partial charge in [-0.25, -0.2) is 9.97 Å². The van der Waals surface area contributed by atoms with E-state index >= 15 is 0 Å². The molecule has 230 valence electrons. The summed E-state index contributed by atoms with van der Waals surface area (Å²) in [5.41, 5.74) is 8.46. The van der Waals surface area contributed by atoms with Gasteiger partial charge in [0.2, 0.25) is 5.95 Å². The lowest BCUT2D eigenvalue weighted by Crippen LogP contribution is -2.06. The van der Waals surface area contributed by atoms with Crippen LogP contribution < -0.4 is 0 Å². The maximum Gasteiger partial charge on any atom is 0.221 e. The second kappa shape index (κ2) is 9.43. The predicted octanol–water partition coefficient (Wildman–Crippen LogP) is 11.9. The Morgan fingerprint density at radius 3 is 1.84 bits per heavy atom. The molecule has 3 aromatic heterocycles. The van der Waals surface area contributed by atoms with Crippen molar-refractivity contribution >= 4 is 92.5 Å². The van der Waals surface area contributed by atoms with Gasteiger partial charge >= 0.3 is 0 Å². The van der Waals surface area contributed by atoms with Crippen molar-refractivity contribution < 1.29 is 0 Å². The molecule has 12 rings (SSSR count). The smallest absolute Gasteiger partial charge is 0.221 e. The van der Waals surface area contributed by atoms with Gasteiger partial charge in [-0.1, -0.05) is 103 Å². The number of para-hydroxylation sites is 3. The van der Waals surface area contributed by atoms with E-state index in [1.807, 2.05) is 0 Å². The molecule has 0 radical (unpaired) electrons. The fourth-order valence-electron chi connectivity index (χ4n) is 8.58. The molecule has 12 aromatic rings. The third-order valence-electron chi connectivity index (χ3n) is 10.8. The van der Waals surface area contributed by atoms with Crippen LogP contribution in [0.4, 0.5) is 0 Å². The first-order valence-corrected chi connectivity index (χ1v) is 17.1. The summed E-state index contributed by atoms with van der Waals surface area (Å²) < 4.78 is 4.58. The van der Waals surface area contributed by atoms with Gasteiger partial charge in [0.15, 0.2) is 0 Å². The molecule has 4 heteroatoms. The van der Waals surface area contributed by atoms with Crippen LogP contribution in [-0.2, 0) is 0 Å². The Hall–Kier alpha value is -6.78. The van der Waals surface area contributed by atoms with Crippen LogP contribution in [0.5, 0.6) is 0 Å². The van der Waals surface area contributed by atoms with E-state index in [1.54, 1.807) is 0 Å². The van der Waals surface area contributed by atoms with Crippen LogP contribution in [0, 0.1) is 0 Å². The Morgan fingerprint density at radius 1 is 0.360 bits per heavy atom. The van der Waals surface area contributed by atoms with E-state index in [2.05, 4.69) is 167 Å². The van der Waals surface area contributed by atoms with Gasteiger partial charge in [-0.05, 0) is 109 Å². The van der Waals surface area contributed by atoms with Gasteiger partial charge in [-0.3, -0.25) is 8.97 Å². The summed E-state index contributed by atoms with van der Waals surface area (Å²) in [7, 11) is 0. The number of fused-ring (bicyclic) bond motifs is 10. The molecule has 0 unspecified atom stereocenters. The molecule has 0 saturated heterocycles. The van der Waals surface area contributed by atoms with Gasteiger partial charge in [0.25, 0.3) is 0 Å². The highest BCUT2D eigenvalue weighted by Gasteiger charge is 2.21. The van der Waals surface area contributed by atoms with Crippen molar-refractivity contribution in [2.45, 2.75) is 0 Å². The second-order valence-corrected chi connectivity index (χ2v) is 13.4. The van der Waals surface area contributed by atoms with E-state index in [-0.39, 0.29) is 0 Å². The number of hydrogen-bond donors (Lipinski definition) is 0. The van der Waals surface area contributed by atoms with Crippen molar-refractivity contribution in [1.82, 2.24) is 18.9 Å². The van der Waals surface area contributed by atoms with Gasteiger partial charge < -0.3 is 0 Å². The largest absolute Gasteiger partial charge is 0.279 e. The zero-order valence-corrected chi connectivity index (χ0v) is 26.8. The van der Waals surface area contributed by atoms with Crippen LogP contribution in [0.2, 0.25) is 0 Å². The van der Waals surface area contributed by atoms with E-state index in [9.17, 15) is 0 Å². The second-order valence-electron chi connectivity index (χ2n) is 13.4. The molecule has 9 aromatic carbocycles.